The molecule has 1 saturated heterocycles. The first-order valence-corrected chi connectivity index (χ1v) is 10.4. The fourth-order valence-electron chi connectivity index (χ4n) is 3.85. The van der Waals surface area contributed by atoms with Gasteiger partial charge >= 0.3 is 5.63 Å². The smallest absolute Gasteiger partial charge is 0.343 e. The molecule has 2 aromatic rings. The maximum Gasteiger partial charge on any atom is 0.343 e. The zero-order valence-electron chi connectivity index (χ0n) is 15.8. The van der Waals surface area contributed by atoms with E-state index in [1.54, 1.807) is 17.4 Å². The van der Waals surface area contributed by atoms with Gasteiger partial charge in [-0.05, 0) is 51.2 Å². The molecule has 0 saturated carbocycles. The molecule has 4 nitrogen and oxygen atoms in total. The minimum atomic E-state index is -0.413. The van der Waals surface area contributed by atoms with Crippen molar-refractivity contribution in [2.24, 2.45) is 0 Å². The standard InChI is InChI=1S/C21H28O4S/c1-4-14(11-15-7-6-10-24-15)18-12-17(22)20(21(23)25-18)16(5-2)19-9-8-13(3)26-19/h8-9,12,14-16,22H,4-7,10-11H2,1-3H3. The van der Waals surface area contributed by atoms with Gasteiger partial charge in [-0.15, -0.1) is 11.3 Å². The maximum absolute atomic E-state index is 12.7. The molecule has 0 aliphatic carbocycles. The van der Waals surface area contributed by atoms with Crippen LogP contribution in [-0.2, 0) is 4.74 Å². The molecule has 0 bridgehead atoms. The second-order valence-corrected chi connectivity index (χ2v) is 8.44. The molecule has 1 aliphatic heterocycles. The summed E-state index contributed by atoms with van der Waals surface area (Å²) in [4.78, 5) is 15.0. The Labute approximate surface area is 158 Å². The normalized spacial score (nSPS) is 19.6. The monoisotopic (exact) mass is 376 g/mol. The van der Waals surface area contributed by atoms with Crippen molar-refractivity contribution in [3.8, 4) is 5.75 Å². The van der Waals surface area contributed by atoms with Crippen LogP contribution in [0.15, 0.2) is 27.4 Å². The summed E-state index contributed by atoms with van der Waals surface area (Å²) in [5.41, 5.74) is -0.0336. The summed E-state index contributed by atoms with van der Waals surface area (Å²) in [5.74, 6) is 0.596. The fourth-order valence-corrected chi connectivity index (χ4v) is 4.92. The van der Waals surface area contributed by atoms with E-state index in [0.717, 1.165) is 43.6 Å². The summed E-state index contributed by atoms with van der Waals surface area (Å²) in [7, 11) is 0. The second-order valence-electron chi connectivity index (χ2n) is 7.12. The van der Waals surface area contributed by atoms with Crippen molar-refractivity contribution in [2.75, 3.05) is 6.61 Å². The highest BCUT2D eigenvalue weighted by Crippen LogP contribution is 2.37. The van der Waals surface area contributed by atoms with E-state index in [1.807, 2.05) is 26.0 Å². The third-order valence-electron chi connectivity index (χ3n) is 5.31. The van der Waals surface area contributed by atoms with E-state index < -0.39 is 5.63 Å². The molecule has 5 heteroatoms. The molecule has 3 unspecified atom stereocenters. The average molecular weight is 377 g/mol. The van der Waals surface area contributed by atoms with Crippen LogP contribution in [0, 0.1) is 6.92 Å². The Balaban J connectivity index is 1.90. The largest absolute Gasteiger partial charge is 0.507 e. The van der Waals surface area contributed by atoms with E-state index in [4.69, 9.17) is 9.15 Å². The number of aromatic hydroxyl groups is 1. The molecule has 3 atom stereocenters. The van der Waals surface area contributed by atoms with E-state index in [9.17, 15) is 9.90 Å². The van der Waals surface area contributed by atoms with Crippen molar-refractivity contribution in [1.29, 1.82) is 0 Å². The summed E-state index contributed by atoms with van der Waals surface area (Å²) >= 11 is 1.66. The van der Waals surface area contributed by atoms with Crippen molar-refractivity contribution in [3.63, 3.8) is 0 Å². The van der Waals surface area contributed by atoms with Gasteiger partial charge in [0.1, 0.15) is 11.5 Å². The van der Waals surface area contributed by atoms with Crippen LogP contribution in [0.3, 0.4) is 0 Å². The van der Waals surface area contributed by atoms with Gasteiger partial charge in [0.2, 0.25) is 0 Å². The van der Waals surface area contributed by atoms with Crippen LogP contribution >= 0.6 is 11.3 Å². The van der Waals surface area contributed by atoms with Crippen LogP contribution in [0.5, 0.6) is 5.75 Å². The van der Waals surface area contributed by atoms with Crippen LogP contribution in [0.1, 0.15) is 78.9 Å². The van der Waals surface area contributed by atoms with E-state index >= 15 is 0 Å². The van der Waals surface area contributed by atoms with Gasteiger partial charge in [0.15, 0.2) is 0 Å². The lowest BCUT2D eigenvalue weighted by atomic mass is 9.92. The van der Waals surface area contributed by atoms with Crippen LogP contribution in [0.2, 0.25) is 0 Å². The first-order valence-electron chi connectivity index (χ1n) is 9.58. The average Bonchev–Trinajstić information content (AvgIpc) is 3.27. The predicted molar refractivity (Wildman–Crippen MR) is 104 cm³/mol. The molecular formula is C21H28O4S. The van der Waals surface area contributed by atoms with Crippen LogP contribution in [0.4, 0.5) is 0 Å². The minimum Gasteiger partial charge on any atom is -0.507 e. The Morgan fingerprint density at radius 3 is 2.65 bits per heavy atom. The summed E-state index contributed by atoms with van der Waals surface area (Å²) in [6.07, 6.45) is 4.80. The Bertz CT molecular complexity index is 786. The van der Waals surface area contributed by atoms with Crippen LogP contribution < -0.4 is 5.63 Å². The number of rotatable bonds is 7. The molecule has 0 aromatic carbocycles. The van der Waals surface area contributed by atoms with Crippen LogP contribution in [0.25, 0.3) is 0 Å². The number of aryl methyl sites for hydroxylation is 1. The molecule has 2 aromatic heterocycles. The minimum absolute atomic E-state index is 0.0555. The quantitative estimate of drug-likeness (QED) is 0.710. The zero-order valence-corrected chi connectivity index (χ0v) is 16.6. The Morgan fingerprint density at radius 2 is 2.12 bits per heavy atom. The molecule has 3 rings (SSSR count). The number of hydrogen-bond acceptors (Lipinski definition) is 5. The first-order chi connectivity index (χ1) is 12.5. The summed E-state index contributed by atoms with van der Waals surface area (Å²) in [5, 5.41) is 10.7. The van der Waals surface area contributed by atoms with E-state index in [1.165, 1.54) is 4.88 Å². The van der Waals surface area contributed by atoms with Crippen LogP contribution in [-0.4, -0.2) is 17.8 Å². The van der Waals surface area contributed by atoms with Gasteiger partial charge in [0.05, 0.1) is 11.7 Å². The van der Waals surface area contributed by atoms with Gasteiger partial charge in [-0.2, -0.15) is 0 Å². The molecule has 1 N–H and O–H groups in total. The van der Waals surface area contributed by atoms with Gasteiger partial charge < -0.3 is 14.3 Å². The summed E-state index contributed by atoms with van der Waals surface area (Å²) in [6.45, 7) is 6.96. The van der Waals surface area contributed by atoms with Gasteiger partial charge in [-0.3, -0.25) is 0 Å². The van der Waals surface area contributed by atoms with Gasteiger partial charge in [-0.1, -0.05) is 13.8 Å². The molecule has 0 spiro atoms. The molecule has 1 aliphatic rings. The molecule has 0 amide bonds. The number of ether oxygens (including phenoxy) is 1. The van der Waals surface area contributed by atoms with Crippen molar-refractivity contribution >= 4 is 11.3 Å². The number of hydrogen-bond donors (Lipinski definition) is 1. The Hall–Kier alpha value is -1.59. The zero-order chi connectivity index (χ0) is 18.7. The van der Waals surface area contributed by atoms with Gasteiger partial charge in [-0.25, -0.2) is 4.79 Å². The summed E-state index contributed by atoms with van der Waals surface area (Å²) in [6, 6.07) is 5.74. The maximum atomic E-state index is 12.7. The highest BCUT2D eigenvalue weighted by molar-refractivity contribution is 7.12. The van der Waals surface area contributed by atoms with E-state index in [0.29, 0.717) is 11.3 Å². The Kier molecular flexibility index (Phi) is 6.20. The lowest BCUT2D eigenvalue weighted by molar-refractivity contribution is 0.0948. The van der Waals surface area contributed by atoms with Crippen molar-refractivity contribution in [1.82, 2.24) is 0 Å². The third kappa shape index (κ3) is 4.04. The van der Waals surface area contributed by atoms with Crippen molar-refractivity contribution < 1.29 is 14.3 Å². The lowest BCUT2D eigenvalue weighted by Gasteiger charge is -2.20. The van der Waals surface area contributed by atoms with Gasteiger partial charge in [0.25, 0.3) is 0 Å². The molecular weight excluding hydrogens is 348 g/mol. The molecule has 142 valence electrons. The highest BCUT2D eigenvalue weighted by atomic mass is 32.1. The van der Waals surface area contributed by atoms with E-state index in [-0.39, 0.29) is 23.7 Å². The predicted octanol–water partition coefficient (Wildman–Crippen LogP) is 5.32. The van der Waals surface area contributed by atoms with Crippen molar-refractivity contribution in [3.05, 3.63) is 49.7 Å². The van der Waals surface area contributed by atoms with Gasteiger partial charge in [0, 0.05) is 34.3 Å². The highest BCUT2D eigenvalue weighted by Gasteiger charge is 2.27. The second kappa shape index (κ2) is 8.40. The molecule has 1 fully saturated rings. The SMILES string of the molecule is CCC(CC1CCCO1)c1cc(O)c(C(CC)c2ccc(C)s2)c(=O)o1. The van der Waals surface area contributed by atoms with E-state index in [2.05, 4.69) is 6.92 Å². The summed E-state index contributed by atoms with van der Waals surface area (Å²) < 4.78 is 11.4. The van der Waals surface area contributed by atoms with Crippen molar-refractivity contribution in [2.45, 2.75) is 70.8 Å². The first kappa shape index (κ1) is 19.2. The molecule has 3 heterocycles. The number of thiophene rings is 1. The third-order valence-corrected chi connectivity index (χ3v) is 6.43. The lowest BCUT2D eigenvalue weighted by Crippen LogP contribution is -2.17. The topological polar surface area (TPSA) is 59.7 Å². The fraction of sp³-hybridized carbons (Fsp3) is 0.571. The molecule has 26 heavy (non-hydrogen) atoms. The molecule has 0 radical (unpaired) electrons. The Morgan fingerprint density at radius 1 is 1.31 bits per heavy atom.